The van der Waals surface area contributed by atoms with E-state index >= 15 is 0 Å². The van der Waals surface area contributed by atoms with Crippen molar-refractivity contribution in [1.82, 2.24) is 10.2 Å². The number of carbonyl (C=O) groups is 1. The van der Waals surface area contributed by atoms with Gasteiger partial charge in [0, 0.05) is 6.54 Å². The van der Waals surface area contributed by atoms with Crippen LogP contribution in [-0.4, -0.2) is 29.6 Å². The first kappa shape index (κ1) is 15.8. The summed E-state index contributed by atoms with van der Waals surface area (Å²) in [5.74, 6) is 1.76. The van der Waals surface area contributed by atoms with Gasteiger partial charge in [-0.05, 0) is 37.5 Å². The molecule has 0 aromatic heterocycles. The number of amides is 1. The van der Waals surface area contributed by atoms with Crippen LogP contribution in [0, 0.1) is 11.8 Å². The van der Waals surface area contributed by atoms with Crippen LogP contribution in [0.2, 0.25) is 0 Å². The number of carbonyl (C=O) groups excluding carboxylic acids is 1. The second kappa shape index (κ2) is 7.44. The number of unbranched alkanes of at least 4 members (excludes halogenated alkanes) is 1. The zero-order valence-electron chi connectivity index (χ0n) is 13.5. The largest absolute Gasteiger partial charge is 0.326 e. The van der Waals surface area contributed by atoms with Gasteiger partial charge in [-0.15, -0.1) is 0 Å². The van der Waals surface area contributed by atoms with Crippen molar-refractivity contribution in [1.29, 1.82) is 0 Å². The first-order valence-electron chi connectivity index (χ1n) is 8.68. The minimum Gasteiger partial charge on any atom is -0.326 e. The topological polar surface area (TPSA) is 32.3 Å². The third kappa shape index (κ3) is 3.97. The van der Waals surface area contributed by atoms with Crippen molar-refractivity contribution in [2.75, 3.05) is 6.54 Å². The summed E-state index contributed by atoms with van der Waals surface area (Å²) in [5.41, 5.74) is 0. The van der Waals surface area contributed by atoms with Gasteiger partial charge >= 0.3 is 0 Å². The molecule has 20 heavy (non-hydrogen) atoms. The average molecular weight is 280 g/mol. The van der Waals surface area contributed by atoms with Gasteiger partial charge in [0.25, 0.3) is 0 Å². The molecule has 3 heteroatoms. The standard InChI is InChI=1S/C17H32N2O/c1-4-5-10-15-17(20)19(12-14-8-6-7-9-14)16(18-15)11-13(2)3/h13-16,18H,4-12H2,1-3H3. The fraction of sp³-hybridized carbons (Fsp3) is 0.941. The Balaban J connectivity index is 1.97. The normalized spacial score (nSPS) is 28.0. The van der Waals surface area contributed by atoms with Gasteiger partial charge in [0.15, 0.2) is 0 Å². The third-order valence-electron chi connectivity index (χ3n) is 4.82. The van der Waals surface area contributed by atoms with E-state index in [4.69, 9.17) is 0 Å². The molecule has 116 valence electrons. The summed E-state index contributed by atoms with van der Waals surface area (Å²) in [6.45, 7) is 7.69. The number of rotatable bonds is 7. The molecule has 2 atom stereocenters. The number of nitrogens with zero attached hydrogens (tertiary/aromatic N) is 1. The molecule has 0 bridgehead atoms. The summed E-state index contributed by atoms with van der Waals surface area (Å²) in [5, 5.41) is 3.61. The van der Waals surface area contributed by atoms with Crippen LogP contribution in [-0.2, 0) is 4.79 Å². The highest BCUT2D eigenvalue weighted by atomic mass is 16.2. The Morgan fingerprint density at radius 2 is 2.00 bits per heavy atom. The van der Waals surface area contributed by atoms with Crippen LogP contribution in [0.25, 0.3) is 0 Å². The Morgan fingerprint density at radius 3 is 2.60 bits per heavy atom. The molecule has 2 aliphatic rings. The van der Waals surface area contributed by atoms with Crippen LogP contribution in [0.3, 0.4) is 0 Å². The van der Waals surface area contributed by atoms with Crippen LogP contribution in [0.15, 0.2) is 0 Å². The molecule has 3 nitrogen and oxygen atoms in total. The molecule has 1 aliphatic heterocycles. The number of nitrogens with one attached hydrogen (secondary N) is 1. The van der Waals surface area contributed by atoms with E-state index in [2.05, 4.69) is 31.0 Å². The zero-order chi connectivity index (χ0) is 14.5. The Labute approximate surface area is 124 Å². The molecule has 0 aromatic carbocycles. The first-order valence-corrected chi connectivity index (χ1v) is 8.68. The molecule has 1 N–H and O–H groups in total. The van der Waals surface area contributed by atoms with Crippen LogP contribution < -0.4 is 5.32 Å². The van der Waals surface area contributed by atoms with Gasteiger partial charge < -0.3 is 4.90 Å². The minimum atomic E-state index is 0.0834. The third-order valence-corrected chi connectivity index (χ3v) is 4.82. The first-order chi connectivity index (χ1) is 9.61. The van der Waals surface area contributed by atoms with Gasteiger partial charge in [-0.1, -0.05) is 46.5 Å². The van der Waals surface area contributed by atoms with Gasteiger partial charge in [0.1, 0.15) is 0 Å². The molecule has 1 saturated carbocycles. The maximum Gasteiger partial charge on any atom is 0.241 e. The van der Waals surface area contributed by atoms with E-state index in [-0.39, 0.29) is 12.2 Å². The number of hydrogen-bond acceptors (Lipinski definition) is 2. The van der Waals surface area contributed by atoms with Crippen LogP contribution in [0.4, 0.5) is 0 Å². The van der Waals surface area contributed by atoms with E-state index < -0.39 is 0 Å². The molecule has 2 rings (SSSR count). The van der Waals surface area contributed by atoms with Gasteiger partial charge in [-0.3, -0.25) is 10.1 Å². The van der Waals surface area contributed by atoms with Crippen LogP contribution in [0.5, 0.6) is 0 Å². The van der Waals surface area contributed by atoms with E-state index in [9.17, 15) is 4.79 Å². The minimum absolute atomic E-state index is 0.0834. The smallest absolute Gasteiger partial charge is 0.241 e. The van der Waals surface area contributed by atoms with Crippen molar-refractivity contribution in [3.05, 3.63) is 0 Å². The molecule has 1 amide bonds. The lowest BCUT2D eigenvalue weighted by Crippen LogP contribution is -2.40. The average Bonchev–Trinajstić information content (AvgIpc) is 2.99. The summed E-state index contributed by atoms with van der Waals surface area (Å²) >= 11 is 0. The highest BCUT2D eigenvalue weighted by Gasteiger charge is 2.39. The lowest BCUT2D eigenvalue weighted by atomic mass is 10.1. The molecule has 1 heterocycles. The summed E-state index contributed by atoms with van der Waals surface area (Å²) in [7, 11) is 0. The predicted octanol–water partition coefficient (Wildman–Crippen LogP) is 3.54. The highest BCUT2D eigenvalue weighted by Crippen LogP contribution is 2.29. The van der Waals surface area contributed by atoms with Crippen molar-refractivity contribution < 1.29 is 4.79 Å². The van der Waals surface area contributed by atoms with Crippen LogP contribution in [0.1, 0.15) is 72.1 Å². The fourth-order valence-electron chi connectivity index (χ4n) is 3.69. The Morgan fingerprint density at radius 1 is 1.30 bits per heavy atom. The maximum absolute atomic E-state index is 12.7. The van der Waals surface area contributed by atoms with Crippen molar-refractivity contribution in [3.8, 4) is 0 Å². The quantitative estimate of drug-likeness (QED) is 0.773. The zero-order valence-corrected chi connectivity index (χ0v) is 13.5. The second-order valence-electron chi connectivity index (χ2n) is 7.15. The molecule has 1 aliphatic carbocycles. The monoisotopic (exact) mass is 280 g/mol. The Bertz CT molecular complexity index is 310. The summed E-state index contributed by atoms with van der Waals surface area (Å²) in [6.07, 6.45) is 10.0. The SMILES string of the molecule is CCCCC1NC(CC(C)C)N(CC2CCCC2)C1=O. The molecular formula is C17H32N2O. The van der Waals surface area contributed by atoms with Crippen molar-refractivity contribution in [3.63, 3.8) is 0 Å². The summed E-state index contributed by atoms with van der Waals surface area (Å²) < 4.78 is 0. The molecule has 0 aromatic rings. The molecule has 2 unspecified atom stereocenters. The molecular weight excluding hydrogens is 248 g/mol. The summed E-state index contributed by atoms with van der Waals surface area (Å²) in [6, 6.07) is 0.0834. The lowest BCUT2D eigenvalue weighted by Gasteiger charge is -2.28. The fourth-order valence-corrected chi connectivity index (χ4v) is 3.69. The molecule has 0 radical (unpaired) electrons. The van der Waals surface area contributed by atoms with Crippen molar-refractivity contribution in [2.45, 2.75) is 84.3 Å². The van der Waals surface area contributed by atoms with Crippen molar-refractivity contribution >= 4 is 5.91 Å². The van der Waals surface area contributed by atoms with E-state index in [1.807, 2.05) is 0 Å². The number of hydrogen-bond donors (Lipinski definition) is 1. The highest BCUT2D eigenvalue weighted by molar-refractivity contribution is 5.84. The predicted molar refractivity (Wildman–Crippen MR) is 83.4 cm³/mol. The van der Waals surface area contributed by atoms with Crippen molar-refractivity contribution in [2.24, 2.45) is 11.8 Å². The molecule has 0 spiro atoms. The van der Waals surface area contributed by atoms with Gasteiger partial charge in [-0.2, -0.15) is 0 Å². The van der Waals surface area contributed by atoms with Crippen LogP contribution >= 0.6 is 0 Å². The Hall–Kier alpha value is -0.570. The maximum atomic E-state index is 12.7. The lowest BCUT2D eigenvalue weighted by molar-refractivity contribution is -0.130. The van der Waals surface area contributed by atoms with E-state index in [1.54, 1.807) is 0 Å². The van der Waals surface area contributed by atoms with Gasteiger partial charge in [-0.25, -0.2) is 0 Å². The van der Waals surface area contributed by atoms with E-state index in [0.29, 0.717) is 11.8 Å². The molecule has 2 fully saturated rings. The second-order valence-corrected chi connectivity index (χ2v) is 7.15. The summed E-state index contributed by atoms with van der Waals surface area (Å²) in [4.78, 5) is 14.8. The van der Waals surface area contributed by atoms with E-state index in [1.165, 1.54) is 32.1 Å². The van der Waals surface area contributed by atoms with E-state index in [0.717, 1.165) is 31.7 Å². The molecule has 1 saturated heterocycles. The van der Waals surface area contributed by atoms with Gasteiger partial charge in [0.05, 0.1) is 12.2 Å². The Kier molecular flexibility index (Phi) is 5.88. The van der Waals surface area contributed by atoms with Gasteiger partial charge in [0.2, 0.25) is 5.91 Å².